The smallest absolute Gasteiger partial charge is 0.0766 e. The van der Waals surface area contributed by atoms with Gasteiger partial charge in [0.2, 0.25) is 0 Å². The normalized spacial score (nSPS) is 15.1. The van der Waals surface area contributed by atoms with Crippen molar-refractivity contribution in [2.24, 2.45) is 24.6 Å². The standard InChI is InChI=1S/C12H22BrN3/c1-5-10-12(13)11(16(4)15-10)6-8(2)9(3)7-14/h8-9H,5-7,14H2,1-4H3. The maximum atomic E-state index is 5.70. The van der Waals surface area contributed by atoms with Crippen LogP contribution in [0.25, 0.3) is 0 Å². The topological polar surface area (TPSA) is 43.8 Å². The van der Waals surface area contributed by atoms with Gasteiger partial charge < -0.3 is 5.73 Å². The maximum absolute atomic E-state index is 5.70. The zero-order valence-corrected chi connectivity index (χ0v) is 12.2. The zero-order valence-electron chi connectivity index (χ0n) is 10.6. The molecule has 1 heterocycles. The molecule has 1 aromatic heterocycles. The molecule has 0 amide bonds. The highest BCUT2D eigenvalue weighted by atomic mass is 79.9. The number of nitrogens with zero attached hydrogens (tertiary/aromatic N) is 2. The molecule has 2 unspecified atom stereocenters. The van der Waals surface area contributed by atoms with Gasteiger partial charge in [-0.15, -0.1) is 0 Å². The summed E-state index contributed by atoms with van der Waals surface area (Å²) in [5, 5.41) is 4.51. The van der Waals surface area contributed by atoms with Crippen molar-refractivity contribution in [3.8, 4) is 0 Å². The Bertz CT molecular complexity index is 346. The van der Waals surface area contributed by atoms with Crippen LogP contribution in [0.4, 0.5) is 0 Å². The average Bonchev–Trinajstić information content (AvgIpc) is 2.55. The summed E-state index contributed by atoms with van der Waals surface area (Å²) in [5.74, 6) is 1.13. The molecule has 0 fully saturated rings. The lowest BCUT2D eigenvalue weighted by molar-refractivity contribution is 0.385. The van der Waals surface area contributed by atoms with Gasteiger partial charge in [0.15, 0.2) is 0 Å². The Morgan fingerprint density at radius 1 is 1.38 bits per heavy atom. The second-order valence-corrected chi connectivity index (χ2v) is 5.37. The molecule has 3 nitrogen and oxygen atoms in total. The number of halogens is 1. The molecule has 0 aromatic carbocycles. The first-order valence-corrected chi connectivity index (χ1v) is 6.70. The zero-order chi connectivity index (χ0) is 12.3. The number of nitrogens with two attached hydrogens (primary N) is 1. The fraction of sp³-hybridized carbons (Fsp3) is 0.750. The molecule has 0 aliphatic rings. The summed E-state index contributed by atoms with van der Waals surface area (Å²) in [6.45, 7) is 7.33. The van der Waals surface area contributed by atoms with Crippen LogP contribution in [0.2, 0.25) is 0 Å². The van der Waals surface area contributed by atoms with Crippen molar-refractivity contribution in [1.29, 1.82) is 0 Å². The Kier molecular flexibility index (Phi) is 4.99. The summed E-state index contributed by atoms with van der Waals surface area (Å²) in [5.41, 5.74) is 8.13. The van der Waals surface area contributed by atoms with Gasteiger partial charge in [-0.3, -0.25) is 4.68 Å². The van der Waals surface area contributed by atoms with E-state index in [0.29, 0.717) is 11.8 Å². The lowest BCUT2D eigenvalue weighted by atomic mass is 9.91. The Balaban J connectivity index is 2.84. The Morgan fingerprint density at radius 2 is 2.00 bits per heavy atom. The van der Waals surface area contributed by atoms with Gasteiger partial charge in [-0.05, 0) is 47.2 Å². The van der Waals surface area contributed by atoms with Crippen LogP contribution < -0.4 is 5.73 Å². The third-order valence-electron chi connectivity index (χ3n) is 3.36. The summed E-state index contributed by atoms with van der Waals surface area (Å²) >= 11 is 3.65. The van der Waals surface area contributed by atoms with Crippen molar-refractivity contribution in [3.05, 3.63) is 15.9 Å². The fourth-order valence-corrected chi connectivity index (χ4v) is 2.56. The van der Waals surface area contributed by atoms with Crippen LogP contribution in [0.3, 0.4) is 0 Å². The number of hydrogen-bond acceptors (Lipinski definition) is 2. The van der Waals surface area contributed by atoms with E-state index in [4.69, 9.17) is 5.73 Å². The van der Waals surface area contributed by atoms with Gasteiger partial charge in [0.1, 0.15) is 0 Å². The number of aryl methyl sites for hydroxylation is 2. The van der Waals surface area contributed by atoms with E-state index in [1.807, 2.05) is 11.7 Å². The maximum Gasteiger partial charge on any atom is 0.0766 e. The molecule has 0 saturated carbocycles. The lowest BCUT2D eigenvalue weighted by Crippen LogP contribution is -2.21. The van der Waals surface area contributed by atoms with Gasteiger partial charge in [-0.1, -0.05) is 20.8 Å². The van der Waals surface area contributed by atoms with E-state index in [1.165, 1.54) is 10.2 Å². The third-order valence-corrected chi connectivity index (χ3v) is 4.28. The van der Waals surface area contributed by atoms with Crippen molar-refractivity contribution in [2.75, 3.05) is 6.54 Å². The number of hydrogen-bond donors (Lipinski definition) is 1. The van der Waals surface area contributed by atoms with Crippen molar-refractivity contribution >= 4 is 15.9 Å². The Labute approximate surface area is 107 Å². The molecule has 0 aliphatic heterocycles. The van der Waals surface area contributed by atoms with Crippen molar-refractivity contribution in [1.82, 2.24) is 9.78 Å². The molecular weight excluding hydrogens is 266 g/mol. The van der Waals surface area contributed by atoms with Gasteiger partial charge in [-0.2, -0.15) is 5.10 Å². The molecule has 16 heavy (non-hydrogen) atoms. The van der Waals surface area contributed by atoms with Crippen LogP contribution in [-0.2, 0) is 19.9 Å². The molecule has 2 atom stereocenters. The molecule has 2 N–H and O–H groups in total. The lowest BCUT2D eigenvalue weighted by Gasteiger charge is -2.18. The predicted molar refractivity (Wildman–Crippen MR) is 71.4 cm³/mol. The number of rotatable bonds is 5. The van der Waals surface area contributed by atoms with Gasteiger partial charge in [0, 0.05) is 7.05 Å². The quantitative estimate of drug-likeness (QED) is 0.904. The summed E-state index contributed by atoms with van der Waals surface area (Å²) in [7, 11) is 2.01. The van der Waals surface area contributed by atoms with Gasteiger partial charge in [0.05, 0.1) is 15.9 Å². The molecule has 0 spiro atoms. The summed E-state index contributed by atoms with van der Waals surface area (Å²) in [6, 6.07) is 0. The van der Waals surface area contributed by atoms with Gasteiger partial charge in [0.25, 0.3) is 0 Å². The molecule has 0 aliphatic carbocycles. The van der Waals surface area contributed by atoms with Gasteiger partial charge >= 0.3 is 0 Å². The highest BCUT2D eigenvalue weighted by Gasteiger charge is 2.18. The highest BCUT2D eigenvalue weighted by Crippen LogP contribution is 2.25. The van der Waals surface area contributed by atoms with E-state index in [-0.39, 0.29) is 0 Å². The van der Waals surface area contributed by atoms with E-state index in [0.717, 1.165) is 25.1 Å². The second kappa shape index (κ2) is 5.82. The van der Waals surface area contributed by atoms with Gasteiger partial charge in [-0.25, -0.2) is 0 Å². The number of aromatic nitrogens is 2. The SMILES string of the molecule is CCc1nn(C)c(CC(C)C(C)CN)c1Br. The molecule has 0 saturated heterocycles. The van der Waals surface area contributed by atoms with Crippen molar-refractivity contribution in [3.63, 3.8) is 0 Å². The molecular formula is C12H22BrN3. The summed E-state index contributed by atoms with van der Waals surface area (Å²) in [6.07, 6.45) is 2.00. The predicted octanol–water partition coefficient (Wildman–Crippen LogP) is 2.52. The van der Waals surface area contributed by atoms with E-state index < -0.39 is 0 Å². The van der Waals surface area contributed by atoms with Crippen molar-refractivity contribution in [2.45, 2.75) is 33.6 Å². The molecule has 92 valence electrons. The first kappa shape index (κ1) is 13.7. The Hall–Kier alpha value is -0.350. The van der Waals surface area contributed by atoms with Crippen LogP contribution in [0.15, 0.2) is 4.47 Å². The van der Waals surface area contributed by atoms with Crippen molar-refractivity contribution < 1.29 is 0 Å². The second-order valence-electron chi connectivity index (χ2n) is 4.58. The largest absolute Gasteiger partial charge is 0.330 e. The fourth-order valence-electron chi connectivity index (χ4n) is 1.78. The van der Waals surface area contributed by atoms with E-state index in [2.05, 4.69) is 41.8 Å². The van der Waals surface area contributed by atoms with E-state index in [9.17, 15) is 0 Å². The van der Waals surface area contributed by atoms with Crippen LogP contribution >= 0.6 is 15.9 Å². The molecule has 0 bridgehead atoms. The monoisotopic (exact) mass is 287 g/mol. The molecule has 1 aromatic rings. The molecule has 0 radical (unpaired) electrons. The first-order valence-electron chi connectivity index (χ1n) is 5.91. The van der Waals surface area contributed by atoms with Crippen LogP contribution in [0.1, 0.15) is 32.2 Å². The molecule has 1 rings (SSSR count). The van der Waals surface area contributed by atoms with E-state index >= 15 is 0 Å². The Morgan fingerprint density at radius 3 is 2.44 bits per heavy atom. The summed E-state index contributed by atoms with van der Waals surface area (Å²) in [4.78, 5) is 0. The average molecular weight is 288 g/mol. The van der Waals surface area contributed by atoms with Crippen LogP contribution in [0, 0.1) is 11.8 Å². The van der Waals surface area contributed by atoms with E-state index in [1.54, 1.807) is 0 Å². The molecule has 4 heteroatoms. The van der Waals surface area contributed by atoms with Crippen LogP contribution in [-0.4, -0.2) is 16.3 Å². The first-order chi connectivity index (χ1) is 7.51. The minimum Gasteiger partial charge on any atom is -0.330 e. The third kappa shape index (κ3) is 2.86. The highest BCUT2D eigenvalue weighted by molar-refractivity contribution is 9.10. The summed E-state index contributed by atoms with van der Waals surface area (Å²) < 4.78 is 3.16. The minimum absolute atomic E-state index is 0.548. The van der Waals surface area contributed by atoms with Crippen LogP contribution in [0.5, 0.6) is 0 Å². The minimum atomic E-state index is 0.548.